The Hall–Kier alpha value is -0.630. The first kappa shape index (κ1) is 8.95. The molecule has 0 aromatic heterocycles. The molecule has 2 heteroatoms. The van der Waals surface area contributed by atoms with Crippen molar-refractivity contribution in [1.82, 2.24) is 4.90 Å². The molecular formula is C11H17NO. The summed E-state index contributed by atoms with van der Waals surface area (Å²) in [6, 6.07) is 0.195. The molecule has 0 saturated carbocycles. The van der Waals surface area contributed by atoms with E-state index in [0.717, 1.165) is 19.5 Å². The largest absolute Gasteiger partial charge is 0.293 e. The van der Waals surface area contributed by atoms with Crippen LogP contribution in [0.4, 0.5) is 0 Å². The van der Waals surface area contributed by atoms with Gasteiger partial charge in [-0.05, 0) is 45.4 Å². The van der Waals surface area contributed by atoms with Crippen molar-refractivity contribution in [2.45, 2.75) is 38.6 Å². The summed E-state index contributed by atoms with van der Waals surface area (Å²) in [5.74, 6) is 0.333. The lowest BCUT2D eigenvalue weighted by atomic mass is 10.1. The topological polar surface area (TPSA) is 20.3 Å². The van der Waals surface area contributed by atoms with Crippen LogP contribution in [0.3, 0.4) is 0 Å². The molecule has 1 saturated heterocycles. The summed E-state index contributed by atoms with van der Waals surface area (Å²) >= 11 is 0. The quantitative estimate of drug-likeness (QED) is 0.611. The molecule has 2 rings (SSSR count). The molecule has 0 bridgehead atoms. The van der Waals surface area contributed by atoms with Crippen molar-refractivity contribution < 1.29 is 4.79 Å². The average Bonchev–Trinajstić information content (AvgIpc) is 2.47. The van der Waals surface area contributed by atoms with Gasteiger partial charge in [0, 0.05) is 0 Å². The molecule has 1 heterocycles. The Kier molecular flexibility index (Phi) is 2.49. The number of carbonyl (C=O) groups excluding carboxylic acids is 1. The first-order valence-electron chi connectivity index (χ1n) is 5.22. The maximum Gasteiger partial charge on any atom is 0.173 e. The fourth-order valence-corrected chi connectivity index (χ4v) is 2.34. The van der Waals surface area contributed by atoms with E-state index >= 15 is 0 Å². The van der Waals surface area contributed by atoms with Crippen LogP contribution in [0.15, 0.2) is 11.6 Å². The lowest BCUT2D eigenvalue weighted by Gasteiger charge is -2.31. The molecule has 0 N–H and O–H groups in total. The smallest absolute Gasteiger partial charge is 0.173 e. The zero-order chi connectivity index (χ0) is 9.26. The number of rotatable bonds is 1. The third-order valence-electron chi connectivity index (χ3n) is 3.06. The summed E-state index contributed by atoms with van der Waals surface area (Å²) in [4.78, 5) is 13.9. The number of carbonyl (C=O) groups is 1. The van der Waals surface area contributed by atoms with E-state index in [9.17, 15) is 4.79 Å². The zero-order valence-electron chi connectivity index (χ0n) is 8.25. The predicted molar refractivity (Wildman–Crippen MR) is 52.6 cm³/mol. The SMILES string of the molecule is CC1=CC(=O)C(N2CCCCC2)C1. The van der Waals surface area contributed by atoms with Gasteiger partial charge in [0.25, 0.3) is 0 Å². The Bertz CT molecular complexity index is 238. The van der Waals surface area contributed by atoms with Gasteiger partial charge in [-0.1, -0.05) is 12.0 Å². The van der Waals surface area contributed by atoms with Crippen molar-refractivity contribution in [3.8, 4) is 0 Å². The van der Waals surface area contributed by atoms with Gasteiger partial charge in [-0.25, -0.2) is 0 Å². The van der Waals surface area contributed by atoms with Crippen LogP contribution in [-0.2, 0) is 4.79 Å². The molecule has 0 amide bonds. The van der Waals surface area contributed by atoms with Gasteiger partial charge in [-0.3, -0.25) is 9.69 Å². The highest BCUT2D eigenvalue weighted by Gasteiger charge is 2.29. The Labute approximate surface area is 79.6 Å². The van der Waals surface area contributed by atoms with Crippen LogP contribution in [0, 0.1) is 0 Å². The maximum absolute atomic E-state index is 11.6. The van der Waals surface area contributed by atoms with E-state index in [1.54, 1.807) is 0 Å². The zero-order valence-corrected chi connectivity index (χ0v) is 8.25. The molecule has 1 atom stereocenters. The molecule has 0 aromatic rings. The second-order valence-electron chi connectivity index (χ2n) is 4.21. The van der Waals surface area contributed by atoms with E-state index in [2.05, 4.69) is 11.8 Å². The van der Waals surface area contributed by atoms with Crippen molar-refractivity contribution >= 4 is 5.78 Å². The highest BCUT2D eigenvalue weighted by Crippen LogP contribution is 2.23. The van der Waals surface area contributed by atoms with E-state index in [4.69, 9.17) is 0 Å². The number of piperidine rings is 1. The summed E-state index contributed by atoms with van der Waals surface area (Å²) in [7, 11) is 0. The monoisotopic (exact) mass is 179 g/mol. The molecule has 1 fully saturated rings. The molecule has 13 heavy (non-hydrogen) atoms. The molecule has 0 aromatic carbocycles. The van der Waals surface area contributed by atoms with Crippen LogP contribution >= 0.6 is 0 Å². The van der Waals surface area contributed by atoms with Gasteiger partial charge in [0.2, 0.25) is 0 Å². The minimum Gasteiger partial charge on any atom is -0.293 e. The van der Waals surface area contributed by atoms with Crippen LogP contribution in [0.25, 0.3) is 0 Å². The van der Waals surface area contributed by atoms with Gasteiger partial charge in [-0.2, -0.15) is 0 Å². The lowest BCUT2D eigenvalue weighted by Crippen LogP contribution is -2.41. The lowest BCUT2D eigenvalue weighted by molar-refractivity contribution is -0.119. The van der Waals surface area contributed by atoms with Gasteiger partial charge in [0.1, 0.15) is 0 Å². The van der Waals surface area contributed by atoms with Crippen LogP contribution in [0.2, 0.25) is 0 Å². The number of hydrogen-bond acceptors (Lipinski definition) is 2. The molecule has 1 unspecified atom stereocenters. The third kappa shape index (κ3) is 1.83. The summed E-state index contributed by atoms with van der Waals surface area (Å²) in [6.45, 7) is 4.30. The fourth-order valence-electron chi connectivity index (χ4n) is 2.34. The highest BCUT2D eigenvalue weighted by atomic mass is 16.1. The van der Waals surface area contributed by atoms with Crippen molar-refractivity contribution in [3.05, 3.63) is 11.6 Å². The number of hydrogen-bond donors (Lipinski definition) is 0. The molecule has 0 spiro atoms. The molecule has 1 aliphatic heterocycles. The van der Waals surface area contributed by atoms with Crippen molar-refractivity contribution in [1.29, 1.82) is 0 Å². The van der Waals surface area contributed by atoms with Crippen LogP contribution in [0.1, 0.15) is 32.6 Å². The Morgan fingerprint density at radius 1 is 1.31 bits per heavy atom. The van der Waals surface area contributed by atoms with Crippen molar-refractivity contribution in [3.63, 3.8) is 0 Å². The first-order valence-corrected chi connectivity index (χ1v) is 5.22. The summed E-state index contributed by atoms with van der Waals surface area (Å²) in [5, 5.41) is 0. The van der Waals surface area contributed by atoms with E-state index in [1.165, 1.54) is 24.8 Å². The van der Waals surface area contributed by atoms with Gasteiger partial charge >= 0.3 is 0 Å². The Morgan fingerprint density at radius 3 is 2.54 bits per heavy atom. The third-order valence-corrected chi connectivity index (χ3v) is 3.06. The van der Waals surface area contributed by atoms with Gasteiger partial charge in [-0.15, -0.1) is 0 Å². The molecule has 2 aliphatic rings. The minimum absolute atomic E-state index is 0.195. The van der Waals surface area contributed by atoms with E-state index in [1.807, 2.05) is 6.08 Å². The Morgan fingerprint density at radius 2 is 2.00 bits per heavy atom. The fraction of sp³-hybridized carbons (Fsp3) is 0.727. The standard InChI is InChI=1S/C11H17NO/c1-9-7-10(11(13)8-9)12-5-3-2-4-6-12/h8,10H,2-7H2,1H3. The average molecular weight is 179 g/mol. The normalized spacial score (nSPS) is 30.7. The summed E-state index contributed by atoms with van der Waals surface area (Å²) in [6.07, 6.45) is 6.66. The molecule has 0 radical (unpaired) electrons. The summed E-state index contributed by atoms with van der Waals surface area (Å²) in [5.41, 5.74) is 1.25. The van der Waals surface area contributed by atoms with E-state index in [-0.39, 0.29) is 6.04 Å². The van der Waals surface area contributed by atoms with Crippen LogP contribution in [0.5, 0.6) is 0 Å². The van der Waals surface area contributed by atoms with Gasteiger partial charge in [0.15, 0.2) is 5.78 Å². The van der Waals surface area contributed by atoms with E-state index in [0.29, 0.717) is 5.78 Å². The Balaban J connectivity index is 1.98. The predicted octanol–water partition coefficient (Wildman–Crippen LogP) is 1.76. The highest BCUT2D eigenvalue weighted by molar-refractivity contribution is 5.97. The van der Waals surface area contributed by atoms with Crippen LogP contribution in [-0.4, -0.2) is 29.8 Å². The minimum atomic E-state index is 0.195. The van der Waals surface area contributed by atoms with Crippen LogP contribution < -0.4 is 0 Å². The number of nitrogens with zero attached hydrogens (tertiary/aromatic N) is 1. The number of likely N-dealkylation sites (tertiary alicyclic amines) is 1. The number of ketones is 1. The first-order chi connectivity index (χ1) is 6.27. The second-order valence-corrected chi connectivity index (χ2v) is 4.21. The molecule has 72 valence electrons. The second kappa shape index (κ2) is 3.62. The van der Waals surface area contributed by atoms with Crippen molar-refractivity contribution in [2.75, 3.05) is 13.1 Å². The van der Waals surface area contributed by atoms with E-state index < -0.39 is 0 Å². The summed E-state index contributed by atoms with van der Waals surface area (Å²) < 4.78 is 0. The van der Waals surface area contributed by atoms with Gasteiger partial charge in [0.05, 0.1) is 6.04 Å². The van der Waals surface area contributed by atoms with Gasteiger partial charge < -0.3 is 0 Å². The molecule has 2 nitrogen and oxygen atoms in total. The van der Waals surface area contributed by atoms with Crippen molar-refractivity contribution in [2.24, 2.45) is 0 Å². The maximum atomic E-state index is 11.6. The molecule has 1 aliphatic carbocycles. The molecular weight excluding hydrogens is 162 g/mol.